The summed E-state index contributed by atoms with van der Waals surface area (Å²) in [5.41, 5.74) is 1.16. The topological polar surface area (TPSA) is 81.1 Å². The number of anilines is 1. The van der Waals surface area contributed by atoms with E-state index in [1.165, 1.54) is 11.6 Å². The van der Waals surface area contributed by atoms with E-state index in [1.54, 1.807) is 48.5 Å². The molecule has 0 spiro atoms. The summed E-state index contributed by atoms with van der Waals surface area (Å²) in [6.45, 7) is 4.06. The van der Waals surface area contributed by atoms with Crippen molar-refractivity contribution in [2.45, 2.75) is 39.7 Å². The lowest BCUT2D eigenvalue weighted by molar-refractivity contribution is 0.101. The number of hydrogen-bond donors (Lipinski definition) is 1. The maximum absolute atomic E-state index is 12.9. The molecular weight excluding hydrogens is 354 g/mol. The minimum atomic E-state index is -0.393. The van der Waals surface area contributed by atoms with Gasteiger partial charge in [0.25, 0.3) is 11.5 Å². The normalized spacial score (nSPS) is 10.8. The summed E-state index contributed by atoms with van der Waals surface area (Å²) in [5, 5.41) is 8.16. The number of aromatic nitrogens is 2. The fourth-order valence-electron chi connectivity index (χ4n) is 3.04. The first-order valence-electron chi connectivity index (χ1n) is 9.43. The summed E-state index contributed by atoms with van der Waals surface area (Å²) in [7, 11) is 0. The molecule has 0 fully saturated rings. The van der Waals surface area contributed by atoms with Gasteiger partial charge in [-0.25, -0.2) is 4.68 Å². The second kappa shape index (κ2) is 8.61. The Bertz CT molecular complexity index is 1070. The number of rotatable bonds is 7. The van der Waals surface area contributed by atoms with Crippen LogP contribution in [0.2, 0.25) is 0 Å². The summed E-state index contributed by atoms with van der Waals surface area (Å²) < 4.78 is 1.38. The Balaban J connectivity index is 1.96. The molecule has 0 saturated carbocycles. The van der Waals surface area contributed by atoms with Gasteiger partial charge in [-0.2, -0.15) is 5.10 Å². The van der Waals surface area contributed by atoms with Crippen molar-refractivity contribution in [2.24, 2.45) is 0 Å². The van der Waals surface area contributed by atoms with Gasteiger partial charge in [-0.3, -0.25) is 14.4 Å². The SMILES string of the molecule is CCCCCn1nc(C(=O)Nc2ccc(C(C)=O)cc2)c2ccccc2c1=O. The average molecular weight is 377 g/mol. The van der Waals surface area contributed by atoms with Gasteiger partial charge >= 0.3 is 0 Å². The Morgan fingerprint density at radius 3 is 2.32 bits per heavy atom. The Hall–Kier alpha value is -3.28. The van der Waals surface area contributed by atoms with Gasteiger partial charge < -0.3 is 5.32 Å². The Morgan fingerprint density at radius 1 is 1.00 bits per heavy atom. The zero-order valence-electron chi connectivity index (χ0n) is 16.1. The molecule has 1 amide bonds. The maximum Gasteiger partial charge on any atom is 0.276 e. The highest BCUT2D eigenvalue weighted by molar-refractivity contribution is 6.11. The first-order chi connectivity index (χ1) is 13.5. The van der Waals surface area contributed by atoms with Crippen LogP contribution in [0.25, 0.3) is 10.8 Å². The van der Waals surface area contributed by atoms with E-state index < -0.39 is 5.91 Å². The average Bonchev–Trinajstić information content (AvgIpc) is 2.70. The van der Waals surface area contributed by atoms with Gasteiger partial charge in [-0.15, -0.1) is 0 Å². The zero-order chi connectivity index (χ0) is 20.1. The molecule has 0 aliphatic heterocycles. The van der Waals surface area contributed by atoms with Gasteiger partial charge in [0, 0.05) is 23.2 Å². The predicted molar refractivity (Wildman–Crippen MR) is 110 cm³/mol. The lowest BCUT2D eigenvalue weighted by Gasteiger charge is -2.11. The first kappa shape index (κ1) is 19.5. The molecule has 0 radical (unpaired) electrons. The molecule has 0 atom stereocenters. The third-order valence-electron chi connectivity index (χ3n) is 4.61. The van der Waals surface area contributed by atoms with Crippen molar-refractivity contribution >= 4 is 28.2 Å². The summed E-state index contributed by atoms with van der Waals surface area (Å²) in [6, 6.07) is 13.7. The highest BCUT2D eigenvalue weighted by Gasteiger charge is 2.17. The van der Waals surface area contributed by atoms with Gasteiger partial charge in [0.2, 0.25) is 0 Å². The number of nitrogens with zero attached hydrogens (tertiary/aromatic N) is 2. The van der Waals surface area contributed by atoms with E-state index in [0.717, 1.165) is 19.3 Å². The van der Waals surface area contributed by atoms with E-state index in [0.29, 0.717) is 28.6 Å². The number of carbonyl (C=O) groups is 2. The molecule has 2 aromatic carbocycles. The van der Waals surface area contributed by atoms with E-state index in [4.69, 9.17) is 0 Å². The van der Waals surface area contributed by atoms with Crippen LogP contribution in [0.4, 0.5) is 5.69 Å². The summed E-state index contributed by atoms with van der Waals surface area (Å²) >= 11 is 0. The van der Waals surface area contributed by atoms with E-state index in [9.17, 15) is 14.4 Å². The van der Waals surface area contributed by atoms with Gasteiger partial charge in [-0.1, -0.05) is 38.0 Å². The quantitative estimate of drug-likeness (QED) is 0.498. The fraction of sp³-hybridized carbons (Fsp3) is 0.273. The lowest BCUT2D eigenvalue weighted by Crippen LogP contribution is -2.27. The molecule has 6 heteroatoms. The number of hydrogen-bond acceptors (Lipinski definition) is 4. The molecule has 1 aromatic heterocycles. The Kier molecular flexibility index (Phi) is 5.99. The second-order valence-electron chi connectivity index (χ2n) is 6.72. The van der Waals surface area contributed by atoms with Crippen LogP contribution < -0.4 is 10.9 Å². The number of carbonyl (C=O) groups excluding carboxylic acids is 2. The molecule has 3 aromatic rings. The number of fused-ring (bicyclic) bond motifs is 1. The van der Waals surface area contributed by atoms with Crippen LogP contribution >= 0.6 is 0 Å². The highest BCUT2D eigenvalue weighted by atomic mass is 16.2. The van der Waals surface area contributed by atoms with E-state index in [1.807, 2.05) is 0 Å². The minimum Gasteiger partial charge on any atom is -0.321 e. The van der Waals surface area contributed by atoms with Crippen LogP contribution in [0.3, 0.4) is 0 Å². The number of nitrogens with one attached hydrogen (secondary N) is 1. The van der Waals surface area contributed by atoms with Crippen molar-refractivity contribution in [3.63, 3.8) is 0 Å². The van der Waals surface area contributed by atoms with Crippen molar-refractivity contribution in [1.82, 2.24) is 9.78 Å². The molecule has 0 unspecified atom stereocenters. The van der Waals surface area contributed by atoms with Gasteiger partial charge in [0.1, 0.15) is 0 Å². The van der Waals surface area contributed by atoms with Crippen LogP contribution in [0, 0.1) is 0 Å². The molecule has 0 saturated heterocycles. The number of unbranched alkanes of at least 4 members (excludes halogenated alkanes) is 2. The summed E-state index contributed by atoms with van der Waals surface area (Å²) in [4.78, 5) is 37.0. The largest absolute Gasteiger partial charge is 0.321 e. The van der Waals surface area contributed by atoms with Gasteiger partial charge in [-0.05, 0) is 43.7 Å². The molecule has 0 bridgehead atoms. The van der Waals surface area contributed by atoms with Gasteiger partial charge in [0.05, 0.1) is 5.39 Å². The van der Waals surface area contributed by atoms with Gasteiger partial charge in [0.15, 0.2) is 11.5 Å². The highest BCUT2D eigenvalue weighted by Crippen LogP contribution is 2.16. The first-order valence-corrected chi connectivity index (χ1v) is 9.43. The summed E-state index contributed by atoms with van der Waals surface area (Å²) in [5.74, 6) is -0.430. The predicted octanol–water partition coefficient (Wildman–Crippen LogP) is 4.04. The van der Waals surface area contributed by atoms with Crippen LogP contribution in [0.15, 0.2) is 53.3 Å². The Morgan fingerprint density at radius 2 is 1.68 bits per heavy atom. The number of aryl methyl sites for hydroxylation is 1. The molecule has 144 valence electrons. The van der Waals surface area contributed by atoms with Crippen molar-refractivity contribution in [3.05, 3.63) is 70.1 Å². The third kappa shape index (κ3) is 4.17. The Labute approximate surface area is 163 Å². The second-order valence-corrected chi connectivity index (χ2v) is 6.72. The number of benzene rings is 2. The van der Waals surface area contributed by atoms with Crippen molar-refractivity contribution < 1.29 is 9.59 Å². The van der Waals surface area contributed by atoms with Crippen molar-refractivity contribution in [3.8, 4) is 0 Å². The van der Waals surface area contributed by atoms with Crippen molar-refractivity contribution in [2.75, 3.05) is 5.32 Å². The van der Waals surface area contributed by atoms with E-state index in [-0.39, 0.29) is 17.0 Å². The maximum atomic E-state index is 12.9. The number of amides is 1. The number of ketones is 1. The molecule has 28 heavy (non-hydrogen) atoms. The van der Waals surface area contributed by atoms with Crippen LogP contribution in [-0.4, -0.2) is 21.5 Å². The molecular formula is C22H23N3O3. The standard InChI is InChI=1S/C22H23N3O3/c1-3-4-7-14-25-22(28)19-9-6-5-8-18(19)20(24-25)21(27)23-17-12-10-16(11-13-17)15(2)26/h5-6,8-13H,3-4,7,14H2,1-2H3,(H,23,27). The van der Waals surface area contributed by atoms with Crippen molar-refractivity contribution in [1.29, 1.82) is 0 Å². The van der Waals surface area contributed by atoms with Crippen LogP contribution in [-0.2, 0) is 6.54 Å². The fourth-order valence-corrected chi connectivity index (χ4v) is 3.04. The smallest absolute Gasteiger partial charge is 0.276 e. The molecule has 3 rings (SSSR count). The van der Waals surface area contributed by atoms with Crippen LogP contribution in [0.1, 0.15) is 54.0 Å². The zero-order valence-corrected chi connectivity index (χ0v) is 16.1. The van der Waals surface area contributed by atoms with E-state index >= 15 is 0 Å². The summed E-state index contributed by atoms with van der Waals surface area (Å²) in [6.07, 6.45) is 2.85. The molecule has 0 aliphatic carbocycles. The molecule has 0 aliphatic rings. The molecule has 6 nitrogen and oxygen atoms in total. The molecule has 1 N–H and O–H groups in total. The monoisotopic (exact) mass is 377 g/mol. The minimum absolute atomic E-state index is 0.0373. The van der Waals surface area contributed by atoms with E-state index in [2.05, 4.69) is 17.3 Å². The lowest BCUT2D eigenvalue weighted by atomic mass is 10.1. The third-order valence-corrected chi connectivity index (χ3v) is 4.61. The molecule has 1 heterocycles. The van der Waals surface area contributed by atoms with Crippen LogP contribution in [0.5, 0.6) is 0 Å². The number of Topliss-reactive ketones (excluding diaryl/α,β-unsaturated/α-hetero) is 1.